The SMILES string of the molecule is CCO[Si](Cl)(CCl)CCl. The lowest BCUT2D eigenvalue weighted by Crippen LogP contribution is -2.37. The summed E-state index contributed by atoms with van der Waals surface area (Å²) < 4.78 is 5.17. The molecule has 0 atom stereocenters. The molecule has 0 aliphatic heterocycles. The fourth-order valence-corrected chi connectivity index (χ4v) is 2.76. The Bertz CT molecular complexity index is 76.2. The van der Waals surface area contributed by atoms with Crippen LogP contribution in [0.25, 0.3) is 0 Å². The number of hydrogen-bond donors (Lipinski definition) is 0. The van der Waals surface area contributed by atoms with Crippen LogP contribution >= 0.6 is 34.3 Å². The van der Waals surface area contributed by atoms with Gasteiger partial charge in [0.1, 0.15) is 0 Å². The quantitative estimate of drug-likeness (QED) is 0.390. The molecule has 0 saturated carbocycles. The summed E-state index contributed by atoms with van der Waals surface area (Å²) in [6.45, 7) is 2.47. The Labute approximate surface area is 71.1 Å². The third-order valence-corrected chi connectivity index (χ3v) is 6.95. The maximum Gasteiger partial charge on any atom is 0.319 e. The van der Waals surface area contributed by atoms with Gasteiger partial charge in [0, 0.05) is 6.61 Å². The number of alkyl halides is 2. The molecule has 0 N–H and O–H groups in total. The summed E-state index contributed by atoms with van der Waals surface area (Å²) in [4.78, 5) is 0. The normalized spacial score (nSPS) is 12.0. The van der Waals surface area contributed by atoms with Gasteiger partial charge in [-0.3, -0.25) is 0 Å². The molecule has 0 aliphatic rings. The Kier molecular flexibility index (Phi) is 5.36. The molecule has 0 rings (SSSR count). The molecule has 0 fully saturated rings. The first-order chi connectivity index (χ1) is 4.18. The molecule has 5 heteroatoms. The Morgan fingerprint density at radius 1 is 1.33 bits per heavy atom. The first-order valence-electron chi connectivity index (χ1n) is 2.63. The minimum atomic E-state index is -2.19. The smallest absolute Gasteiger partial charge is 0.319 e. The van der Waals surface area contributed by atoms with Crippen molar-refractivity contribution in [3.63, 3.8) is 0 Å². The van der Waals surface area contributed by atoms with Gasteiger partial charge < -0.3 is 4.43 Å². The van der Waals surface area contributed by atoms with E-state index in [-0.39, 0.29) is 0 Å². The zero-order chi connectivity index (χ0) is 7.33. The van der Waals surface area contributed by atoms with Crippen LogP contribution in [0.1, 0.15) is 6.92 Å². The average Bonchev–Trinajstić information content (AvgIpc) is 1.89. The summed E-state index contributed by atoms with van der Waals surface area (Å²) in [7, 11) is -2.19. The van der Waals surface area contributed by atoms with E-state index in [1.165, 1.54) is 0 Å². The van der Waals surface area contributed by atoms with Gasteiger partial charge in [0.2, 0.25) is 0 Å². The minimum Gasteiger partial charge on any atom is -0.402 e. The first kappa shape index (κ1) is 10.0. The monoisotopic (exact) mass is 206 g/mol. The van der Waals surface area contributed by atoms with E-state index in [1.54, 1.807) is 0 Å². The zero-order valence-electron chi connectivity index (χ0n) is 5.16. The largest absolute Gasteiger partial charge is 0.402 e. The van der Waals surface area contributed by atoms with Gasteiger partial charge in [-0.2, -0.15) is 0 Å². The molecule has 0 saturated heterocycles. The van der Waals surface area contributed by atoms with E-state index in [2.05, 4.69) is 0 Å². The fraction of sp³-hybridized carbons (Fsp3) is 1.00. The minimum absolute atomic E-state index is 0.353. The summed E-state index contributed by atoms with van der Waals surface area (Å²) in [6, 6.07) is 0. The lowest BCUT2D eigenvalue weighted by molar-refractivity contribution is 0.342. The van der Waals surface area contributed by atoms with Gasteiger partial charge in [-0.25, -0.2) is 0 Å². The molecular weight excluding hydrogens is 198 g/mol. The van der Waals surface area contributed by atoms with Crippen molar-refractivity contribution < 1.29 is 4.43 Å². The molecule has 0 heterocycles. The van der Waals surface area contributed by atoms with E-state index in [0.29, 0.717) is 17.6 Å². The summed E-state index contributed by atoms with van der Waals surface area (Å²) in [5.74, 6) is 0. The second kappa shape index (κ2) is 4.80. The molecule has 1 nitrogen and oxygen atoms in total. The van der Waals surface area contributed by atoms with Gasteiger partial charge in [0.25, 0.3) is 0 Å². The third kappa shape index (κ3) is 3.68. The highest BCUT2D eigenvalue weighted by Gasteiger charge is 2.30. The van der Waals surface area contributed by atoms with Crippen molar-refractivity contribution >= 4 is 41.9 Å². The Morgan fingerprint density at radius 3 is 1.89 bits per heavy atom. The number of halogens is 3. The topological polar surface area (TPSA) is 9.23 Å². The highest BCUT2D eigenvalue weighted by molar-refractivity contribution is 7.21. The molecule has 0 unspecified atom stereocenters. The molecular formula is C4H9Cl3OSi. The van der Waals surface area contributed by atoms with E-state index >= 15 is 0 Å². The van der Waals surface area contributed by atoms with Crippen LogP contribution < -0.4 is 0 Å². The van der Waals surface area contributed by atoms with Gasteiger partial charge >= 0.3 is 7.63 Å². The summed E-state index contributed by atoms with van der Waals surface area (Å²) in [6.07, 6.45) is 0. The molecule has 0 aromatic heterocycles. The second-order valence-corrected chi connectivity index (χ2v) is 7.84. The molecule has 0 radical (unpaired) electrons. The maximum absolute atomic E-state index is 5.86. The molecule has 0 aliphatic carbocycles. The van der Waals surface area contributed by atoms with Gasteiger partial charge in [0.15, 0.2) is 0 Å². The van der Waals surface area contributed by atoms with Crippen LogP contribution in [-0.4, -0.2) is 25.2 Å². The Hall–Kier alpha value is 1.05. The summed E-state index contributed by atoms with van der Waals surface area (Å²) >= 11 is 16.9. The number of rotatable bonds is 4. The summed E-state index contributed by atoms with van der Waals surface area (Å²) in [5, 5.41) is 0. The molecule has 9 heavy (non-hydrogen) atoms. The predicted octanol–water partition coefficient (Wildman–Crippen LogP) is 2.26. The first-order valence-corrected chi connectivity index (χ1v) is 7.03. The lowest BCUT2D eigenvalue weighted by Gasteiger charge is -2.17. The molecule has 0 aromatic rings. The third-order valence-electron chi connectivity index (χ3n) is 0.802. The second-order valence-electron chi connectivity index (χ2n) is 1.58. The predicted molar refractivity (Wildman–Crippen MR) is 44.7 cm³/mol. The molecule has 0 bridgehead atoms. The van der Waals surface area contributed by atoms with Crippen molar-refractivity contribution in [3.8, 4) is 0 Å². The van der Waals surface area contributed by atoms with E-state index in [1.807, 2.05) is 6.92 Å². The Morgan fingerprint density at radius 2 is 1.78 bits per heavy atom. The lowest BCUT2D eigenvalue weighted by atomic mass is 10.9. The van der Waals surface area contributed by atoms with Crippen molar-refractivity contribution in [1.82, 2.24) is 0 Å². The molecule has 0 spiro atoms. The van der Waals surface area contributed by atoms with Crippen LogP contribution in [0.2, 0.25) is 0 Å². The molecule has 0 amide bonds. The van der Waals surface area contributed by atoms with E-state index in [0.717, 1.165) is 0 Å². The van der Waals surface area contributed by atoms with Crippen LogP contribution in [0, 0.1) is 0 Å². The van der Waals surface area contributed by atoms with Crippen LogP contribution in [0.4, 0.5) is 0 Å². The van der Waals surface area contributed by atoms with Gasteiger partial charge in [-0.05, 0) is 6.92 Å². The van der Waals surface area contributed by atoms with Crippen LogP contribution in [0.15, 0.2) is 0 Å². The van der Waals surface area contributed by atoms with Gasteiger partial charge in [-0.1, -0.05) is 0 Å². The van der Waals surface area contributed by atoms with E-state index in [4.69, 9.17) is 38.7 Å². The van der Waals surface area contributed by atoms with Crippen LogP contribution in [0.3, 0.4) is 0 Å². The highest BCUT2D eigenvalue weighted by atomic mass is 35.6. The van der Waals surface area contributed by atoms with Crippen molar-refractivity contribution in [2.75, 3.05) is 17.6 Å². The van der Waals surface area contributed by atoms with Crippen molar-refractivity contribution in [1.29, 1.82) is 0 Å². The van der Waals surface area contributed by atoms with Crippen molar-refractivity contribution in [3.05, 3.63) is 0 Å². The molecule has 0 aromatic carbocycles. The maximum atomic E-state index is 5.86. The summed E-state index contributed by atoms with van der Waals surface area (Å²) in [5.41, 5.74) is 0.706. The van der Waals surface area contributed by atoms with E-state index in [9.17, 15) is 0 Å². The Balaban J connectivity index is 3.62. The van der Waals surface area contributed by atoms with Crippen LogP contribution in [0.5, 0.6) is 0 Å². The van der Waals surface area contributed by atoms with Crippen molar-refractivity contribution in [2.45, 2.75) is 6.92 Å². The average molecular weight is 208 g/mol. The van der Waals surface area contributed by atoms with Crippen molar-refractivity contribution in [2.24, 2.45) is 0 Å². The zero-order valence-corrected chi connectivity index (χ0v) is 8.43. The fourth-order valence-electron chi connectivity index (χ4n) is 0.372. The highest BCUT2D eigenvalue weighted by Crippen LogP contribution is 2.14. The molecule has 56 valence electrons. The van der Waals surface area contributed by atoms with E-state index < -0.39 is 7.63 Å². The van der Waals surface area contributed by atoms with Gasteiger partial charge in [-0.15, -0.1) is 34.3 Å². The standard InChI is InChI=1S/C4H9Cl3OSi/c1-2-8-9(7,3-5)4-6/h2-4H2,1H3. The van der Waals surface area contributed by atoms with Crippen LogP contribution in [-0.2, 0) is 4.43 Å². The van der Waals surface area contributed by atoms with Gasteiger partial charge in [0.05, 0.1) is 11.0 Å². The number of hydrogen-bond acceptors (Lipinski definition) is 1.